The Balaban J connectivity index is 2.17. The highest BCUT2D eigenvalue weighted by molar-refractivity contribution is 6.29. The average Bonchev–Trinajstić information content (AvgIpc) is 2.29. The largest absolute Gasteiger partial charge is 0.378 e. The van der Waals surface area contributed by atoms with Crippen molar-refractivity contribution in [2.24, 2.45) is 0 Å². The van der Waals surface area contributed by atoms with Gasteiger partial charge in [-0.2, -0.15) is 0 Å². The minimum absolute atomic E-state index is 0.130. The predicted octanol–water partition coefficient (Wildman–Crippen LogP) is 4.05. The van der Waals surface area contributed by atoms with Crippen LogP contribution in [0.1, 0.15) is 18.5 Å². The van der Waals surface area contributed by atoms with Crippen LogP contribution in [-0.4, -0.2) is 4.98 Å². The van der Waals surface area contributed by atoms with Crippen molar-refractivity contribution in [3.8, 4) is 0 Å². The van der Waals surface area contributed by atoms with E-state index in [9.17, 15) is 4.39 Å². The summed E-state index contributed by atoms with van der Waals surface area (Å²) in [6.07, 6.45) is 1.61. The number of anilines is 1. The van der Waals surface area contributed by atoms with Gasteiger partial charge in [0.05, 0.1) is 6.04 Å². The van der Waals surface area contributed by atoms with Gasteiger partial charge < -0.3 is 5.32 Å². The van der Waals surface area contributed by atoms with E-state index in [1.165, 1.54) is 6.07 Å². The Bertz CT molecular complexity index is 516. The Morgan fingerprint density at radius 1 is 1.29 bits per heavy atom. The Hall–Kier alpha value is -1.61. The molecule has 0 aliphatic heterocycles. The molecule has 0 radical (unpaired) electrons. The number of hydrogen-bond acceptors (Lipinski definition) is 2. The molecule has 17 heavy (non-hydrogen) atoms. The van der Waals surface area contributed by atoms with Crippen molar-refractivity contribution >= 4 is 17.3 Å². The highest BCUT2D eigenvalue weighted by atomic mass is 35.5. The van der Waals surface area contributed by atoms with Crippen molar-refractivity contribution in [3.63, 3.8) is 0 Å². The molecule has 0 fully saturated rings. The molecular weight excluding hydrogens is 239 g/mol. The fraction of sp³-hybridized carbons (Fsp3) is 0.154. The van der Waals surface area contributed by atoms with Crippen molar-refractivity contribution in [2.45, 2.75) is 13.0 Å². The SMILES string of the molecule is CC(Nc1ccnc(Cl)c1)c1ccccc1F. The maximum absolute atomic E-state index is 13.5. The zero-order valence-electron chi connectivity index (χ0n) is 9.32. The lowest BCUT2D eigenvalue weighted by Gasteiger charge is -2.16. The number of nitrogens with one attached hydrogen (secondary N) is 1. The van der Waals surface area contributed by atoms with Gasteiger partial charge in [-0.3, -0.25) is 0 Å². The first-order valence-corrected chi connectivity index (χ1v) is 5.67. The quantitative estimate of drug-likeness (QED) is 0.832. The number of nitrogens with zero attached hydrogens (tertiary/aromatic N) is 1. The van der Waals surface area contributed by atoms with Crippen LogP contribution in [0.2, 0.25) is 5.15 Å². The van der Waals surface area contributed by atoms with E-state index in [4.69, 9.17) is 11.6 Å². The molecule has 1 heterocycles. The summed E-state index contributed by atoms with van der Waals surface area (Å²) in [7, 11) is 0. The predicted molar refractivity (Wildman–Crippen MR) is 67.7 cm³/mol. The zero-order chi connectivity index (χ0) is 12.3. The molecule has 2 nitrogen and oxygen atoms in total. The summed E-state index contributed by atoms with van der Waals surface area (Å²) in [5, 5.41) is 3.59. The standard InChI is InChI=1S/C13H12ClFN2/c1-9(11-4-2-3-5-12(11)15)17-10-6-7-16-13(14)8-10/h2-9H,1H3,(H,16,17). The summed E-state index contributed by atoms with van der Waals surface area (Å²) in [5.74, 6) is -0.215. The molecule has 0 bridgehead atoms. The third-order valence-electron chi connectivity index (χ3n) is 2.48. The number of pyridine rings is 1. The van der Waals surface area contributed by atoms with Gasteiger partial charge in [-0.05, 0) is 25.1 Å². The number of halogens is 2. The number of benzene rings is 1. The van der Waals surface area contributed by atoms with Crippen LogP contribution >= 0.6 is 11.6 Å². The van der Waals surface area contributed by atoms with Gasteiger partial charge in [0.25, 0.3) is 0 Å². The molecule has 0 amide bonds. The lowest BCUT2D eigenvalue weighted by atomic mass is 10.1. The second-order valence-electron chi connectivity index (χ2n) is 3.75. The van der Waals surface area contributed by atoms with Crippen LogP contribution in [-0.2, 0) is 0 Å². The fourth-order valence-corrected chi connectivity index (χ4v) is 1.82. The number of aromatic nitrogens is 1. The van der Waals surface area contributed by atoms with Gasteiger partial charge in [0, 0.05) is 17.4 Å². The molecule has 2 aromatic rings. The van der Waals surface area contributed by atoms with Crippen molar-refractivity contribution in [1.82, 2.24) is 4.98 Å². The molecule has 4 heteroatoms. The normalized spacial score (nSPS) is 12.2. The molecule has 1 aromatic heterocycles. The monoisotopic (exact) mass is 250 g/mol. The summed E-state index contributed by atoms with van der Waals surface area (Å²) in [5.41, 5.74) is 1.45. The maximum Gasteiger partial charge on any atom is 0.131 e. The van der Waals surface area contributed by atoms with E-state index in [0.29, 0.717) is 10.7 Å². The Morgan fingerprint density at radius 3 is 2.76 bits per heavy atom. The molecule has 0 aliphatic carbocycles. The van der Waals surface area contributed by atoms with Crippen molar-refractivity contribution in [3.05, 3.63) is 59.1 Å². The van der Waals surface area contributed by atoms with E-state index in [2.05, 4.69) is 10.3 Å². The van der Waals surface area contributed by atoms with Crippen LogP contribution in [0, 0.1) is 5.82 Å². The van der Waals surface area contributed by atoms with Crippen LogP contribution in [0.5, 0.6) is 0 Å². The molecule has 0 saturated carbocycles. The van der Waals surface area contributed by atoms with Crippen LogP contribution in [0.25, 0.3) is 0 Å². The topological polar surface area (TPSA) is 24.9 Å². The van der Waals surface area contributed by atoms with Gasteiger partial charge in [-0.1, -0.05) is 29.8 Å². The highest BCUT2D eigenvalue weighted by Crippen LogP contribution is 2.22. The van der Waals surface area contributed by atoms with Gasteiger partial charge in [0.2, 0.25) is 0 Å². The van der Waals surface area contributed by atoms with E-state index in [0.717, 1.165) is 5.69 Å². The molecule has 1 aromatic carbocycles. The Labute approximate surface area is 104 Å². The van der Waals surface area contributed by atoms with Gasteiger partial charge >= 0.3 is 0 Å². The molecule has 88 valence electrons. The zero-order valence-corrected chi connectivity index (χ0v) is 10.1. The minimum Gasteiger partial charge on any atom is -0.378 e. The number of rotatable bonds is 3. The third-order valence-corrected chi connectivity index (χ3v) is 2.69. The molecule has 0 spiro atoms. The lowest BCUT2D eigenvalue weighted by Crippen LogP contribution is -2.08. The van der Waals surface area contributed by atoms with E-state index in [1.54, 1.807) is 30.5 Å². The summed E-state index contributed by atoms with van der Waals surface area (Å²) >= 11 is 5.78. The third kappa shape index (κ3) is 2.94. The van der Waals surface area contributed by atoms with E-state index in [1.807, 2.05) is 13.0 Å². The lowest BCUT2D eigenvalue weighted by molar-refractivity contribution is 0.600. The molecule has 1 unspecified atom stereocenters. The summed E-state index contributed by atoms with van der Waals surface area (Å²) < 4.78 is 13.5. The smallest absolute Gasteiger partial charge is 0.131 e. The maximum atomic E-state index is 13.5. The molecule has 1 N–H and O–H groups in total. The van der Waals surface area contributed by atoms with Crippen LogP contribution in [0.3, 0.4) is 0 Å². The van der Waals surface area contributed by atoms with Gasteiger partial charge in [0.1, 0.15) is 11.0 Å². The molecule has 0 saturated heterocycles. The van der Waals surface area contributed by atoms with Crippen molar-refractivity contribution < 1.29 is 4.39 Å². The highest BCUT2D eigenvalue weighted by Gasteiger charge is 2.09. The van der Waals surface area contributed by atoms with Crippen LogP contribution < -0.4 is 5.32 Å². The van der Waals surface area contributed by atoms with Crippen molar-refractivity contribution in [2.75, 3.05) is 5.32 Å². The molecule has 2 rings (SSSR count). The summed E-state index contributed by atoms with van der Waals surface area (Å²) in [4.78, 5) is 3.89. The fourth-order valence-electron chi connectivity index (χ4n) is 1.65. The van der Waals surface area contributed by atoms with Gasteiger partial charge in [-0.25, -0.2) is 9.37 Å². The first-order chi connectivity index (χ1) is 8.16. The second kappa shape index (κ2) is 5.15. The number of hydrogen-bond donors (Lipinski definition) is 1. The second-order valence-corrected chi connectivity index (χ2v) is 4.14. The van der Waals surface area contributed by atoms with Crippen LogP contribution in [0.4, 0.5) is 10.1 Å². The minimum atomic E-state index is -0.215. The Morgan fingerprint density at radius 2 is 2.06 bits per heavy atom. The Kier molecular flexibility index (Phi) is 3.59. The molecule has 1 atom stereocenters. The van der Waals surface area contributed by atoms with E-state index >= 15 is 0 Å². The molecule has 0 aliphatic rings. The van der Waals surface area contributed by atoms with Gasteiger partial charge in [-0.15, -0.1) is 0 Å². The summed E-state index contributed by atoms with van der Waals surface area (Å²) in [6, 6.07) is 10.1. The van der Waals surface area contributed by atoms with Crippen molar-refractivity contribution in [1.29, 1.82) is 0 Å². The molecular formula is C13H12ClFN2. The van der Waals surface area contributed by atoms with Gasteiger partial charge in [0.15, 0.2) is 0 Å². The first-order valence-electron chi connectivity index (χ1n) is 5.29. The van der Waals surface area contributed by atoms with Crippen LogP contribution in [0.15, 0.2) is 42.6 Å². The van der Waals surface area contributed by atoms with E-state index in [-0.39, 0.29) is 11.9 Å². The average molecular weight is 251 g/mol. The summed E-state index contributed by atoms with van der Waals surface area (Å²) in [6.45, 7) is 1.90. The first kappa shape index (κ1) is 11.9. The van der Waals surface area contributed by atoms with E-state index < -0.39 is 0 Å².